The van der Waals surface area contributed by atoms with Crippen LogP contribution in [0.4, 0.5) is 8.78 Å². The van der Waals surface area contributed by atoms with Gasteiger partial charge in [0.1, 0.15) is 0 Å². The number of carbonyl (C=O) groups is 2. The molecule has 1 N–H and O–H groups in total. The van der Waals surface area contributed by atoms with E-state index in [0.717, 1.165) is 54.9 Å². The van der Waals surface area contributed by atoms with E-state index in [1.54, 1.807) is 16.2 Å². The van der Waals surface area contributed by atoms with Crippen LogP contribution in [-0.2, 0) is 11.3 Å². The molecule has 0 bridgehead atoms. The van der Waals surface area contributed by atoms with E-state index in [9.17, 15) is 18.4 Å². The fourth-order valence-electron chi connectivity index (χ4n) is 3.73. The Morgan fingerprint density at radius 2 is 1.90 bits per heavy atom. The van der Waals surface area contributed by atoms with Gasteiger partial charge in [0.25, 0.3) is 5.91 Å². The maximum atomic E-state index is 13.4. The van der Waals surface area contributed by atoms with Gasteiger partial charge in [0.05, 0.1) is 17.2 Å². The number of aromatic nitrogens is 1. The van der Waals surface area contributed by atoms with Crippen molar-refractivity contribution in [3.63, 3.8) is 0 Å². The average Bonchev–Trinajstić information content (AvgIpc) is 3.16. The van der Waals surface area contributed by atoms with Crippen LogP contribution >= 0.6 is 11.3 Å². The SMILES string of the molecule is O=C(NCc1csc(C2CCN(C(=O)c3ccc(F)c(F)c3)CC2)n1)C1CCC1. The molecule has 154 valence electrons. The first-order chi connectivity index (χ1) is 14.0. The summed E-state index contributed by atoms with van der Waals surface area (Å²) in [7, 11) is 0. The molecule has 4 rings (SSSR count). The molecule has 5 nitrogen and oxygen atoms in total. The van der Waals surface area contributed by atoms with Gasteiger partial charge < -0.3 is 10.2 Å². The fourth-order valence-corrected chi connectivity index (χ4v) is 4.72. The van der Waals surface area contributed by atoms with Crippen LogP contribution < -0.4 is 5.32 Å². The van der Waals surface area contributed by atoms with Gasteiger partial charge in [-0.05, 0) is 43.9 Å². The second-order valence-electron chi connectivity index (χ2n) is 7.72. The van der Waals surface area contributed by atoms with E-state index in [4.69, 9.17) is 0 Å². The molecular formula is C21H23F2N3O2S. The van der Waals surface area contributed by atoms with Crippen LogP contribution in [0.25, 0.3) is 0 Å². The highest BCUT2D eigenvalue weighted by atomic mass is 32.1. The molecule has 2 fully saturated rings. The second-order valence-corrected chi connectivity index (χ2v) is 8.61. The first-order valence-electron chi connectivity index (χ1n) is 9.97. The molecule has 2 heterocycles. The minimum atomic E-state index is -1.01. The van der Waals surface area contributed by atoms with Crippen LogP contribution in [0.1, 0.15) is 59.1 Å². The van der Waals surface area contributed by atoms with Crippen molar-refractivity contribution < 1.29 is 18.4 Å². The van der Waals surface area contributed by atoms with Crippen molar-refractivity contribution in [3.8, 4) is 0 Å². The van der Waals surface area contributed by atoms with E-state index < -0.39 is 11.6 Å². The van der Waals surface area contributed by atoms with E-state index in [2.05, 4.69) is 10.3 Å². The first kappa shape index (κ1) is 19.9. The summed E-state index contributed by atoms with van der Waals surface area (Å²) in [6.07, 6.45) is 4.65. The van der Waals surface area contributed by atoms with Crippen molar-refractivity contribution in [1.29, 1.82) is 0 Å². The molecule has 8 heteroatoms. The van der Waals surface area contributed by atoms with Crippen molar-refractivity contribution in [3.05, 3.63) is 51.5 Å². The molecule has 2 amide bonds. The van der Waals surface area contributed by atoms with E-state index >= 15 is 0 Å². The Hall–Kier alpha value is -2.35. The van der Waals surface area contributed by atoms with Crippen molar-refractivity contribution in [2.24, 2.45) is 5.92 Å². The number of likely N-dealkylation sites (tertiary alicyclic amines) is 1. The van der Waals surface area contributed by atoms with Gasteiger partial charge in [-0.15, -0.1) is 11.3 Å². The lowest BCUT2D eigenvalue weighted by molar-refractivity contribution is -0.127. The summed E-state index contributed by atoms with van der Waals surface area (Å²) in [4.78, 5) is 30.8. The maximum absolute atomic E-state index is 13.4. The molecule has 1 saturated heterocycles. The third-order valence-electron chi connectivity index (χ3n) is 5.79. The Morgan fingerprint density at radius 1 is 1.14 bits per heavy atom. The number of amides is 2. The predicted octanol–water partition coefficient (Wildman–Crippen LogP) is 3.86. The number of nitrogens with zero attached hydrogens (tertiary/aromatic N) is 2. The van der Waals surface area contributed by atoms with Crippen molar-refractivity contribution in [2.75, 3.05) is 13.1 Å². The van der Waals surface area contributed by atoms with Crippen LogP contribution in [0.2, 0.25) is 0 Å². The smallest absolute Gasteiger partial charge is 0.253 e. The molecule has 1 aromatic carbocycles. The van der Waals surface area contributed by atoms with Gasteiger partial charge in [-0.2, -0.15) is 0 Å². The lowest BCUT2D eigenvalue weighted by Gasteiger charge is -2.31. The van der Waals surface area contributed by atoms with Crippen LogP contribution in [0.5, 0.6) is 0 Å². The Bertz CT molecular complexity index is 905. The number of carbonyl (C=O) groups excluding carboxylic acids is 2. The molecule has 0 unspecified atom stereocenters. The van der Waals surface area contributed by atoms with Gasteiger partial charge in [-0.1, -0.05) is 6.42 Å². The number of halogens is 2. The highest BCUT2D eigenvalue weighted by Gasteiger charge is 2.27. The lowest BCUT2D eigenvalue weighted by atomic mass is 9.85. The Morgan fingerprint density at radius 3 is 2.55 bits per heavy atom. The van der Waals surface area contributed by atoms with Crippen molar-refractivity contribution in [2.45, 2.75) is 44.6 Å². The zero-order valence-electron chi connectivity index (χ0n) is 16.0. The zero-order valence-corrected chi connectivity index (χ0v) is 16.8. The van der Waals surface area contributed by atoms with E-state index in [-0.39, 0.29) is 29.2 Å². The summed E-state index contributed by atoms with van der Waals surface area (Å²) in [5.41, 5.74) is 1.04. The van der Waals surface area contributed by atoms with E-state index in [1.165, 1.54) is 6.07 Å². The van der Waals surface area contributed by atoms with Crippen LogP contribution in [0.3, 0.4) is 0 Å². The summed E-state index contributed by atoms with van der Waals surface area (Å²) in [5.74, 6) is -1.68. The van der Waals surface area contributed by atoms with Gasteiger partial charge in [-0.3, -0.25) is 9.59 Å². The second kappa shape index (κ2) is 8.57. The summed E-state index contributed by atoms with van der Waals surface area (Å²) >= 11 is 1.59. The third-order valence-corrected chi connectivity index (χ3v) is 6.84. The minimum absolute atomic E-state index is 0.120. The van der Waals surface area contributed by atoms with Gasteiger partial charge in [0.2, 0.25) is 5.91 Å². The van der Waals surface area contributed by atoms with Gasteiger partial charge in [-0.25, -0.2) is 13.8 Å². The fraction of sp³-hybridized carbons (Fsp3) is 0.476. The summed E-state index contributed by atoms with van der Waals surface area (Å²) in [6.45, 7) is 1.56. The highest BCUT2D eigenvalue weighted by Crippen LogP contribution is 2.31. The molecule has 1 saturated carbocycles. The lowest BCUT2D eigenvalue weighted by Crippen LogP contribution is -2.38. The zero-order chi connectivity index (χ0) is 20.4. The third kappa shape index (κ3) is 4.47. The molecule has 29 heavy (non-hydrogen) atoms. The molecule has 0 atom stereocenters. The first-order valence-corrected chi connectivity index (χ1v) is 10.9. The van der Waals surface area contributed by atoms with Crippen LogP contribution in [0, 0.1) is 17.6 Å². The highest BCUT2D eigenvalue weighted by molar-refractivity contribution is 7.09. The maximum Gasteiger partial charge on any atom is 0.253 e. The minimum Gasteiger partial charge on any atom is -0.350 e. The monoisotopic (exact) mass is 419 g/mol. The van der Waals surface area contributed by atoms with E-state index in [0.29, 0.717) is 19.6 Å². The predicted molar refractivity (Wildman–Crippen MR) is 106 cm³/mol. The Balaban J connectivity index is 1.29. The molecular weight excluding hydrogens is 396 g/mol. The summed E-state index contributed by atoms with van der Waals surface area (Å²) < 4.78 is 26.5. The topological polar surface area (TPSA) is 62.3 Å². The van der Waals surface area contributed by atoms with E-state index in [1.807, 2.05) is 5.38 Å². The number of rotatable bonds is 5. The normalized spacial score (nSPS) is 17.8. The summed E-state index contributed by atoms with van der Waals surface area (Å²) in [6, 6.07) is 3.25. The van der Waals surface area contributed by atoms with Crippen LogP contribution in [0.15, 0.2) is 23.6 Å². The molecule has 2 aromatic rings. The number of thiazole rings is 1. The molecule has 0 spiro atoms. The quantitative estimate of drug-likeness (QED) is 0.801. The number of benzene rings is 1. The molecule has 1 aliphatic heterocycles. The average molecular weight is 419 g/mol. The molecule has 0 radical (unpaired) electrons. The van der Waals surface area contributed by atoms with Crippen molar-refractivity contribution >= 4 is 23.2 Å². The Kier molecular flexibility index (Phi) is 5.89. The Labute approximate surface area is 172 Å². The number of piperidine rings is 1. The van der Waals surface area contributed by atoms with Gasteiger partial charge >= 0.3 is 0 Å². The number of nitrogens with one attached hydrogen (secondary N) is 1. The summed E-state index contributed by atoms with van der Waals surface area (Å²) in [5, 5.41) is 5.97. The molecule has 2 aliphatic rings. The number of hydrogen-bond acceptors (Lipinski definition) is 4. The van der Waals surface area contributed by atoms with Gasteiger partial charge in [0.15, 0.2) is 11.6 Å². The standard InChI is InChI=1S/C21H23F2N3O2S/c22-17-5-4-15(10-18(17)23)21(28)26-8-6-14(7-9-26)20-25-16(12-29-20)11-24-19(27)13-2-1-3-13/h4-5,10,12-14H,1-3,6-9,11H2,(H,24,27). The van der Waals surface area contributed by atoms with Crippen molar-refractivity contribution in [1.82, 2.24) is 15.2 Å². The largest absolute Gasteiger partial charge is 0.350 e. The van der Waals surface area contributed by atoms with Gasteiger partial charge in [0, 0.05) is 35.9 Å². The number of hydrogen-bond donors (Lipinski definition) is 1. The molecule has 1 aromatic heterocycles. The van der Waals surface area contributed by atoms with Crippen LogP contribution in [-0.4, -0.2) is 34.8 Å². The molecule has 1 aliphatic carbocycles.